The van der Waals surface area contributed by atoms with Crippen molar-refractivity contribution in [3.8, 4) is 10.6 Å². The summed E-state index contributed by atoms with van der Waals surface area (Å²) in [4.78, 5) is 27.3. The standard InChI is InChI=1S/C18H15F2N5OS/c1-11-6-12(16(26)25-9-18(19,20)10-25)7-15(23-11)24-17-22-8-14(27-17)13-4-2-3-5-21-13/h2-8H,9-10H2,1H3,(H,22,23,24). The lowest BCUT2D eigenvalue weighted by Gasteiger charge is -2.38. The van der Waals surface area contributed by atoms with Gasteiger partial charge in [-0.2, -0.15) is 0 Å². The molecule has 0 spiro atoms. The van der Waals surface area contributed by atoms with Crippen LogP contribution < -0.4 is 5.32 Å². The van der Waals surface area contributed by atoms with Gasteiger partial charge in [-0.25, -0.2) is 18.7 Å². The molecular formula is C18H15F2N5OS. The summed E-state index contributed by atoms with van der Waals surface area (Å²) in [7, 11) is 0. The first-order valence-corrected chi connectivity index (χ1v) is 9.01. The first-order valence-electron chi connectivity index (χ1n) is 8.20. The van der Waals surface area contributed by atoms with E-state index in [1.807, 2.05) is 18.2 Å². The van der Waals surface area contributed by atoms with Crippen LogP contribution in [0.5, 0.6) is 0 Å². The first-order chi connectivity index (χ1) is 12.9. The van der Waals surface area contributed by atoms with Crippen LogP contribution in [0.15, 0.2) is 42.7 Å². The van der Waals surface area contributed by atoms with Crippen LogP contribution in [0.3, 0.4) is 0 Å². The van der Waals surface area contributed by atoms with Crippen molar-refractivity contribution < 1.29 is 13.6 Å². The molecule has 0 aliphatic carbocycles. The van der Waals surface area contributed by atoms with Gasteiger partial charge in [-0.15, -0.1) is 0 Å². The number of thiazole rings is 1. The van der Waals surface area contributed by atoms with E-state index in [0.717, 1.165) is 15.5 Å². The van der Waals surface area contributed by atoms with Gasteiger partial charge in [-0.05, 0) is 31.2 Å². The molecule has 9 heteroatoms. The van der Waals surface area contributed by atoms with Crippen molar-refractivity contribution in [2.45, 2.75) is 12.8 Å². The molecule has 0 unspecified atom stereocenters. The normalized spacial score (nSPS) is 15.3. The highest BCUT2D eigenvalue weighted by Gasteiger charge is 2.46. The zero-order valence-electron chi connectivity index (χ0n) is 14.3. The molecule has 0 bridgehead atoms. The van der Waals surface area contributed by atoms with E-state index in [1.165, 1.54) is 11.3 Å². The molecule has 1 aliphatic rings. The average Bonchev–Trinajstić information content (AvgIpc) is 3.07. The molecule has 0 aromatic carbocycles. The number of anilines is 2. The summed E-state index contributed by atoms with van der Waals surface area (Å²) in [5, 5.41) is 3.67. The van der Waals surface area contributed by atoms with Gasteiger partial charge in [0, 0.05) is 23.7 Å². The van der Waals surface area contributed by atoms with Crippen LogP contribution in [0.25, 0.3) is 10.6 Å². The van der Waals surface area contributed by atoms with Crippen LogP contribution in [-0.4, -0.2) is 44.8 Å². The minimum Gasteiger partial charge on any atom is -0.326 e. The molecule has 1 fully saturated rings. The highest BCUT2D eigenvalue weighted by Crippen LogP contribution is 2.30. The summed E-state index contributed by atoms with van der Waals surface area (Å²) in [6, 6.07) is 8.77. The summed E-state index contributed by atoms with van der Waals surface area (Å²) < 4.78 is 26.0. The first kappa shape index (κ1) is 17.5. The molecule has 27 heavy (non-hydrogen) atoms. The molecule has 138 valence electrons. The van der Waals surface area contributed by atoms with Gasteiger partial charge in [-0.1, -0.05) is 17.4 Å². The molecule has 0 atom stereocenters. The molecule has 1 aliphatic heterocycles. The fourth-order valence-electron chi connectivity index (χ4n) is 2.76. The summed E-state index contributed by atoms with van der Waals surface area (Å²) in [6.45, 7) is 0.652. The second-order valence-corrected chi connectivity index (χ2v) is 7.30. The molecule has 0 saturated carbocycles. The summed E-state index contributed by atoms with van der Waals surface area (Å²) in [5.74, 6) is -2.78. The van der Waals surface area contributed by atoms with Gasteiger partial charge >= 0.3 is 0 Å². The number of carbonyl (C=O) groups is 1. The van der Waals surface area contributed by atoms with Gasteiger partial charge in [0.25, 0.3) is 11.8 Å². The number of rotatable bonds is 4. The summed E-state index contributed by atoms with van der Waals surface area (Å²) in [5.41, 5.74) is 1.74. The molecule has 1 amide bonds. The maximum atomic E-state index is 13.0. The Balaban J connectivity index is 1.52. The molecular weight excluding hydrogens is 372 g/mol. The molecule has 0 radical (unpaired) electrons. The van der Waals surface area contributed by atoms with E-state index in [1.54, 1.807) is 31.5 Å². The average molecular weight is 387 g/mol. The van der Waals surface area contributed by atoms with Crippen LogP contribution in [0.4, 0.5) is 19.7 Å². The number of carbonyl (C=O) groups excluding carboxylic acids is 1. The van der Waals surface area contributed by atoms with Gasteiger partial charge in [0.15, 0.2) is 5.13 Å². The highest BCUT2D eigenvalue weighted by molar-refractivity contribution is 7.18. The predicted molar refractivity (Wildman–Crippen MR) is 98.5 cm³/mol. The monoisotopic (exact) mass is 387 g/mol. The number of alkyl halides is 2. The summed E-state index contributed by atoms with van der Waals surface area (Å²) in [6.07, 6.45) is 3.42. The Labute approximate surface area is 157 Å². The number of aromatic nitrogens is 3. The van der Waals surface area contributed by atoms with Crippen molar-refractivity contribution in [1.82, 2.24) is 19.9 Å². The number of hydrogen-bond donors (Lipinski definition) is 1. The Morgan fingerprint density at radius 1 is 1.26 bits per heavy atom. The Bertz CT molecular complexity index is 984. The Kier molecular flexibility index (Phi) is 4.31. The van der Waals surface area contributed by atoms with Crippen molar-refractivity contribution in [2.75, 3.05) is 18.4 Å². The lowest BCUT2D eigenvalue weighted by Crippen LogP contribution is -2.58. The van der Waals surface area contributed by atoms with Gasteiger partial charge in [0.05, 0.1) is 23.7 Å². The molecule has 3 aromatic heterocycles. The third-order valence-electron chi connectivity index (χ3n) is 3.99. The largest absolute Gasteiger partial charge is 0.326 e. The van der Waals surface area contributed by atoms with E-state index in [4.69, 9.17) is 0 Å². The minimum atomic E-state index is -2.79. The molecule has 1 N–H and O–H groups in total. The van der Waals surface area contributed by atoms with E-state index >= 15 is 0 Å². The zero-order valence-corrected chi connectivity index (χ0v) is 15.1. The van der Waals surface area contributed by atoms with E-state index < -0.39 is 24.9 Å². The fraction of sp³-hybridized carbons (Fsp3) is 0.222. The van der Waals surface area contributed by atoms with Crippen LogP contribution >= 0.6 is 11.3 Å². The number of pyridine rings is 2. The number of amides is 1. The summed E-state index contributed by atoms with van der Waals surface area (Å²) >= 11 is 1.40. The Hall–Kier alpha value is -2.94. The fourth-order valence-corrected chi connectivity index (χ4v) is 3.56. The van der Waals surface area contributed by atoms with E-state index in [2.05, 4.69) is 20.3 Å². The number of nitrogens with one attached hydrogen (secondary N) is 1. The van der Waals surface area contributed by atoms with Gasteiger partial charge in [0.2, 0.25) is 0 Å². The molecule has 3 aromatic rings. The van der Waals surface area contributed by atoms with Crippen molar-refractivity contribution in [2.24, 2.45) is 0 Å². The lowest BCUT2D eigenvalue weighted by molar-refractivity contribution is -0.113. The van der Waals surface area contributed by atoms with Gasteiger partial charge < -0.3 is 10.2 Å². The topological polar surface area (TPSA) is 71.0 Å². The van der Waals surface area contributed by atoms with E-state index in [9.17, 15) is 13.6 Å². The van der Waals surface area contributed by atoms with Crippen molar-refractivity contribution in [3.63, 3.8) is 0 Å². The second kappa shape index (κ2) is 6.66. The van der Waals surface area contributed by atoms with Crippen molar-refractivity contribution in [3.05, 3.63) is 54.0 Å². The minimum absolute atomic E-state index is 0.321. The molecule has 4 heterocycles. The maximum Gasteiger partial charge on any atom is 0.282 e. The van der Waals surface area contributed by atoms with Gasteiger partial charge in [-0.3, -0.25) is 9.78 Å². The third-order valence-corrected chi connectivity index (χ3v) is 4.93. The van der Waals surface area contributed by atoms with Gasteiger partial charge in [0.1, 0.15) is 5.82 Å². The van der Waals surface area contributed by atoms with Crippen molar-refractivity contribution >= 4 is 28.2 Å². The number of aryl methyl sites for hydroxylation is 1. The van der Waals surface area contributed by atoms with Crippen LogP contribution in [0.2, 0.25) is 0 Å². The SMILES string of the molecule is Cc1cc(C(=O)N2CC(F)(F)C2)cc(Nc2ncc(-c3ccccn3)s2)n1. The number of hydrogen-bond acceptors (Lipinski definition) is 6. The predicted octanol–water partition coefficient (Wildman–Crippen LogP) is 3.74. The Morgan fingerprint density at radius 2 is 2.07 bits per heavy atom. The van der Waals surface area contributed by atoms with E-state index in [-0.39, 0.29) is 0 Å². The smallest absolute Gasteiger partial charge is 0.282 e. The maximum absolute atomic E-state index is 13.0. The molecule has 6 nitrogen and oxygen atoms in total. The zero-order chi connectivity index (χ0) is 19.0. The molecule has 4 rings (SSSR count). The Morgan fingerprint density at radius 3 is 2.78 bits per heavy atom. The molecule has 1 saturated heterocycles. The number of likely N-dealkylation sites (tertiary alicyclic amines) is 1. The van der Waals surface area contributed by atoms with Crippen LogP contribution in [0.1, 0.15) is 16.1 Å². The third kappa shape index (κ3) is 3.77. The lowest BCUT2D eigenvalue weighted by atomic mass is 10.1. The number of nitrogens with zero attached hydrogens (tertiary/aromatic N) is 4. The second-order valence-electron chi connectivity index (χ2n) is 6.27. The highest BCUT2D eigenvalue weighted by atomic mass is 32.1. The van der Waals surface area contributed by atoms with Crippen LogP contribution in [0, 0.1) is 6.92 Å². The van der Waals surface area contributed by atoms with Crippen LogP contribution in [-0.2, 0) is 0 Å². The number of halogens is 2. The van der Waals surface area contributed by atoms with Crippen molar-refractivity contribution in [1.29, 1.82) is 0 Å². The quantitative estimate of drug-likeness (QED) is 0.738. The van der Waals surface area contributed by atoms with E-state index in [0.29, 0.717) is 22.2 Å².